The van der Waals surface area contributed by atoms with Crippen LogP contribution in [-0.4, -0.2) is 11.7 Å². The van der Waals surface area contributed by atoms with E-state index in [4.69, 9.17) is 11.6 Å². The van der Waals surface area contributed by atoms with Gasteiger partial charge in [0.25, 0.3) is 0 Å². The Balaban J connectivity index is 2.09. The molecule has 19 heavy (non-hydrogen) atoms. The quantitative estimate of drug-likeness (QED) is 0.880. The van der Waals surface area contributed by atoms with Crippen molar-refractivity contribution in [3.05, 3.63) is 70.5 Å². The molecule has 0 aliphatic heterocycles. The highest BCUT2D eigenvalue weighted by Crippen LogP contribution is 2.20. The average Bonchev–Trinajstić information content (AvgIpc) is 2.43. The summed E-state index contributed by atoms with van der Waals surface area (Å²) >= 11 is 5.96. The Morgan fingerprint density at radius 2 is 1.84 bits per heavy atom. The highest BCUT2D eigenvalue weighted by Gasteiger charge is 2.12. The smallest absolute Gasteiger partial charge is 0.129 e. The minimum atomic E-state index is -0.343. The fourth-order valence-electron chi connectivity index (χ4n) is 1.90. The number of nitrogens with one attached hydrogen (secondary N) is 1. The molecular weight excluding hydrogens is 265 g/mol. The van der Waals surface area contributed by atoms with Gasteiger partial charge in [0.1, 0.15) is 5.82 Å². The molecule has 1 atom stereocenters. The third-order valence-electron chi connectivity index (χ3n) is 2.97. The highest BCUT2D eigenvalue weighted by atomic mass is 35.5. The summed E-state index contributed by atoms with van der Waals surface area (Å²) in [6.07, 6.45) is 0. The van der Waals surface area contributed by atoms with Crippen LogP contribution in [0, 0.1) is 5.82 Å². The highest BCUT2D eigenvalue weighted by molar-refractivity contribution is 6.31. The molecule has 4 heteroatoms. The van der Waals surface area contributed by atoms with Crippen LogP contribution in [0.5, 0.6) is 0 Å². The maximum Gasteiger partial charge on any atom is 0.129 e. The minimum Gasteiger partial charge on any atom is -0.394 e. The molecule has 2 rings (SSSR count). The summed E-state index contributed by atoms with van der Waals surface area (Å²) in [6.45, 7) is 0.210. The molecule has 2 aromatic carbocycles. The van der Waals surface area contributed by atoms with E-state index in [0.717, 1.165) is 5.56 Å². The first kappa shape index (κ1) is 14.0. The number of aliphatic hydroxyl groups is 1. The topological polar surface area (TPSA) is 32.3 Å². The van der Waals surface area contributed by atoms with Crippen LogP contribution in [0.1, 0.15) is 17.2 Å². The Bertz CT molecular complexity index is 513. The summed E-state index contributed by atoms with van der Waals surface area (Å²) in [7, 11) is 0. The van der Waals surface area contributed by atoms with Crippen LogP contribution in [0.15, 0.2) is 48.5 Å². The van der Waals surface area contributed by atoms with E-state index in [1.54, 1.807) is 12.1 Å². The minimum absolute atomic E-state index is 0.0594. The van der Waals surface area contributed by atoms with Gasteiger partial charge in [-0.2, -0.15) is 0 Å². The maximum atomic E-state index is 13.6. The normalized spacial score (nSPS) is 12.4. The van der Waals surface area contributed by atoms with Crippen molar-refractivity contribution >= 4 is 11.6 Å². The number of halogens is 2. The lowest BCUT2D eigenvalue weighted by Gasteiger charge is -2.17. The molecule has 0 bridgehead atoms. The van der Waals surface area contributed by atoms with Crippen molar-refractivity contribution < 1.29 is 9.50 Å². The van der Waals surface area contributed by atoms with Crippen LogP contribution in [0.2, 0.25) is 5.02 Å². The molecule has 0 aromatic heterocycles. The van der Waals surface area contributed by atoms with Crippen LogP contribution in [0.25, 0.3) is 0 Å². The summed E-state index contributed by atoms with van der Waals surface area (Å²) in [6, 6.07) is 13.9. The lowest BCUT2D eigenvalue weighted by atomic mass is 10.1. The van der Waals surface area contributed by atoms with Crippen LogP contribution >= 0.6 is 11.6 Å². The molecule has 0 fully saturated rings. The van der Waals surface area contributed by atoms with Gasteiger partial charge in [0.05, 0.1) is 12.6 Å². The van der Waals surface area contributed by atoms with Gasteiger partial charge in [-0.3, -0.25) is 0 Å². The number of hydrogen-bond donors (Lipinski definition) is 2. The summed E-state index contributed by atoms with van der Waals surface area (Å²) < 4.78 is 13.6. The van der Waals surface area contributed by atoms with E-state index < -0.39 is 0 Å². The van der Waals surface area contributed by atoms with E-state index in [1.807, 2.05) is 30.3 Å². The molecule has 0 amide bonds. The van der Waals surface area contributed by atoms with E-state index in [2.05, 4.69) is 5.32 Å². The van der Waals surface area contributed by atoms with Gasteiger partial charge >= 0.3 is 0 Å². The van der Waals surface area contributed by atoms with Gasteiger partial charge in [-0.25, -0.2) is 4.39 Å². The van der Waals surface area contributed by atoms with Crippen molar-refractivity contribution in [2.45, 2.75) is 12.6 Å². The molecule has 0 heterocycles. The zero-order chi connectivity index (χ0) is 13.7. The molecule has 0 spiro atoms. The molecule has 0 aliphatic carbocycles. The Labute approximate surface area is 116 Å². The van der Waals surface area contributed by atoms with Gasteiger partial charge < -0.3 is 10.4 Å². The molecule has 0 saturated heterocycles. The predicted molar refractivity (Wildman–Crippen MR) is 74.5 cm³/mol. The second kappa shape index (κ2) is 6.66. The van der Waals surface area contributed by atoms with Crippen molar-refractivity contribution in [1.29, 1.82) is 0 Å². The molecular formula is C15H15ClFNO. The van der Waals surface area contributed by atoms with Crippen LogP contribution in [0.3, 0.4) is 0 Å². The third-order valence-corrected chi connectivity index (χ3v) is 3.33. The SMILES string of the molecule is OCC(NCc1c(F)cccc1Cl)c1ccccc1. The Morgan fingerprint density at radius 1 is 1.11 bits per heavy atom. The summed E-state index contributed by atoms with van der Waals surface area (Å²) in [5, 5.41) is 12.9. The van der Waals surface area contributed by atoms with Gasteiger partial charge in [0, 0.05) is 17.1 Å². The lowest BCUT2D eigenvalue weighted by molar-refractivity contribution is 0.243. The Kier molecular flexibility index (Phi) is 4.91. The first-order valence-corrected chi connectivity index (χ1v) is 6.42. The van der Waals surface area contributed by atoms with Crippen molar-refractivity contribution in [1.82, 2.24) is 5.32 Å². The second-order valence-corrected chi connectivity index (χ2v) is 4.63. The number of aliphatic hydroxyl groups excluding tert-OH is 1. The van der Waals surface area contributed by atoms with Gasteiger partial charge in [0.15, 0.2) is 0 Å². The molecule has 1 unspecified atom stereocenters. The molecule has 2 aromatic rings. The van der Waals surface area contributed by atoms with Crippen molar-refractivity contribution in [2.24, 2.45) is 0 Å². The molecule has 0 radical (unpaired) electrons. The van der Waals surface area contributed by atoms with E-state index in [-0.39, 0.29) is 25.0 Å². The van der Waals surface area contributed by atoms with Crippen LogP contribution < -0.4 is 5.32 Å². The second-order valence-electron chi connectivity index (χ2n) is 4.23. The molecule has 0 saturated carbocycles. The standard InChI is InChI=1S/C15H15ClFNO/c16-13-7-4-8-14(17)12(13)9-18-15(10-19)11-5-2-1-3-6-11/h1-8,15,18-19H,9-10H2. The average molecular weight is 280 g/mol. The molecule has 2 nitrogen and oxygen atoms in total. The first-order valence-electron chi connectivity index (χ1n) is 6.04. The van der Waals surface area contributed by atoms with Crippen LogP contribution in [0.4, 0.5) is 4.39 Å². The summed E-state index contributed by atoms with van der Waals surface area (Å²) in [4.78, 5) is 0. The maximum absolute atomic E-state index is 13.6. The van der Waals surface area contributed by atoms with Crippen molar-refractivity contribution in [3.63, 3.8) is 0 Å². The fraction of sp³-hybridized carbons (Fsp3) is 0.200. The monoisotopic (exact) mass is 279 g/mol. The van der Waals surface area contributed by atoms with E-state index >= 15 is 0 Å². The summed E-state index contributed by atoms with van der Waals surface area (Å²) in [5.74, 6) is -0.343. The van der Waals surface area contributed by atoms with E-state index in [0.29, 0.717) is 10.6 Å². The number of hydrogen-bond acceptors (Lipinski definition) is 2. The number of benzene rings is 2. The van der Waals surface area contributed by atoms with Crippen LogP contribution in [-0.2, 0) is 6.54 Å². The first-order chi connectivity index (χ1) is 9.22. The largest absolute Gasteiger partial charge is 0.394 e. The van der Waals surface area contributed by atoms with Gasteiger partial charge in [-0.15, -0.1) is 0 Å². The summed E-state index contributed by atoms with van der Waals surface area (Å²) in [5.41, 5.74) is 1.37. The third kappa shape index (κ3) is 3.53. The van der Waals surface area contributed by atoms with Gasteiger partial charge in [0.2, 0.25) is 0 Å². The Morgan fingerprint density at radius 3 is 2.47 bits per heavy atom. The van der Waals surface area contributed by atoms with Crippen molar-refractivity contribution in [2.75, 3.05) is 6.61 Å². The zero-order valence-electron chi connectivity index (χ0n) is 10.3. The Hall–Kier alpha value is -1.42. The van der Waals surface area contributed by atoms with Gasteiger partial charge in [-0.1, -0.05) is 48.0 Å². The van der Waals surface area contributed by atoms with Gasteiger partial charge in [-0.05, 0) is 17.7 Å². The van der Waals surface area contributed by atoms with E-state index in [9.17, 15) is 9.50 Å². The zero-order valence-corrected chi connectivity index (χ0v) is 11.1. The number of rotatable bonds is 5. The van der Waals surface area contributed by atoms with Crippen molar-refractivity contribution in [3.8, 4) is 0 Å². The molecule has 2 N–H and O–H groups in total. The molecule has 0 aliphatic rings. The predicted octanol–water partition coefficient (Wildman–Crippen LogP) is 3.30. The fourth-order valence-corrected chi connectivity index (χ4v) is 2.13. The lowest BCUT2D eigenvalue weighted by Crippen LogP contribution is -2.24. The van der Waals surface area contributed by atoms with E-state index in [1.165, 1.54) is 6.07 Å². The molecule has 100 valence electrons.